The number of hydrogen-bond acceptors (Lipinski definition) is 5. The summed E-state index contributed by atoms with van der Waals surface area (Å²) < 4.78 is 21.1. The fourth-order valence-corrected chi connectivity index (χ4v) is 3.22. The molecule has 3 rings (SSSR count). The summed E-state index contributed by atoms with van der Waals surface area (Å²) in [5.41, 5.74) is -0.434. The first-order chi connectivity index (χ1) is 13.2. The van der Waals surface area contributed by atoms with Crippen LogP contribution in [0.1, 0.15) is 40.0 Å². The molecule has 150 valence electrons. The molecule has 1 aliphatic carbocycles. The zero-order valence-electron chi connectivity index (χ0n) is 16.2. The second kappa shape index (κ2) is 8.00. The molecule has 2 N–H and O–H groups in total. The van der Waals surface area contributed by atoms with Gasteiger partial charge in [0.2, 0.25) is 0 Å². The van der Waals surface area contributed by atoms with E-state index in [4.69, 9.17) is 4.74 Å². The summed E-state index contributed by atoms with van der Waals surface area (Å²) >= 11 is 0. The zero-order chi connectivity index (χ0) is 20.3. The minimum Gasteiger partial charge on any atom is -0.444 e. The lowest BCUT2D eigenvalue weighted by Crippen LogP contribution is -2.38. The summed E-state index contributed by atoms with van der Waals surface area (Å²) in [6.07, 6.45) is 4.78. The molecule has 0 unspecified atom stereocenters. The highest BCUT2D eigenvalue weighted by Crippen LogP contribution is 2.24. The van der Waals surface area contributed by atoms with Gasteiger partial charge in [0.25, 0.3) is 5.56 Å². The Kier molecular flexibility index (Phi) is 5.67. The molecule has 2 atom stereocenters. The van der Waals surface area contributed by atoms with Crippen LogP contribution in [0, 0.1) is 5.82 Å². The van der Waals surface area contributed by atoms with Crippen LogP contribution in [-0.2, 0) is 4.74 Å². The van der Waals surface area contributed by atoms with E-state index < -0.39 is 17.5 Å². The maximum absolute atomic E-state index is 14.5. The largest absolute Gasteiger partial charge is 0.444 e. The average molecular weight is 388 g/mol. The number of amides is 1. The van der Waals surface area contributed by atoms with Crippen LogP contribution in [0.3, 0.4) is 0 Å². The first kappa shape index (κ1) is 19.9. The quantitative estimate of drug-likeness (QED) is 0.840. The fraction of sp³-hybridized carbons (Fsp3) is 0.450. The molecule has 1 fully saturated rings. The molecule has 0 saturated heterocycles. The number of rotatable bonds is 4. The van der Waals surface area contributed by atoms with E-state index in [1.165, 1.54) is 22.9 Å². The van der Waals surface area contributed by atoms with Gasteiger partial charge in [-0.2, -0.15) is 0 Å². The standard InChI is InChI=1S/C20H25FN4O3/c1-20(2,3)28-19(27)24-14-8-7-13(10-14)23-18-16(21)11-15(12-22-18)25-9-5-4-6-17(25)26/h4-6,9,11-14H,7-8,10H2,1-3H3,(H,22,23)(H,24,27)/t13-,14-/m0/s1. The molecule has 2 aromatic heterocycles. The number of hydrogen-bond donors (Lipinski definition) is 2. The summed E-state index contributed by atoms with van der Waals surface area (Å²) in [6, 6.07) is 5.97. The van der Waals surface area contributed by atoms with E-state index in [9.17, 15) is 14.0 Å². The lowest BCUT2D eigenvalue weighted by molar-refractivity contribution is 0.0505. The minimum atomic E-state index is -0.546. The Labute approximate surface area is 162 Å². The van der Waals surface area contributed by atoms with Crippen molar-refractivity contribution in [3.8, 4) is 5.69 Å². The fourth-order valence-electron chi connectivity index (χ4n) is 3.22. The van der Waals surface area contributed by atoms with Crippen LogP contribution in [0.25, 0.3) is 5.69 Å². The first-order valence-corrected chi connectivity index (χ1v) is 9.31. The summed E-state index contributed by atoms with van der Waals surface area (Å²) in [5, 5.41) is 5.94. The Morgan fingerprint density at radius 1 is 1.29 bits per heavy atom. The number of halogens is 1. The van der Waals surface area contributed by atoms with Gasteiger partial charge in [0.1, 0.15) is 5.60 Å². The Morgan fingerprint density at radius 2 is 2.04 bits per heavy atom. The van der Waals surface area contributed by atoms with Gasteiger partial charge in [-0.05, 0) is 46.1 Å². The van der Waals surface area contributed by atoms with Crippen molar-refractivity contribution in [1.29, 1.82) is 0 Å². The van der Waals surface area contributed by atoms with Gasteiger partial charge in [-0.25, -0.2) is 14.2 Å². The number of carbonyl (C=O) groups is 1. The molecule has 0 spiro atoms. The molecular formula is C20H25FN4O3. The summed E-state index contributed by atoms with van der Waals surface area (Å²) in [7, 11) is 0. The number of aromatic nitrogens is 2. The molecule has 0 bridgehead atoms. The molecule has 1 amide bonds. The Hall–Kier alpha value is -2.90. The smallest absolute Gasteiger partial charge is 0.407 e. The van der Waals surface area contributed by atoms with Gasteiger partial charge in [0.05, 0.1) is 11.9 Å². The van der Waals surface area contributed by atoms with Crippen molar-refractivity contribution in [2.75, 3.05) is 5.32 Å². The Morgan fingerprint density at radius 3 is 2.71 bits per heavy atom. The van der Waals surface area contributed by atoms with Crippen LogP contribution >= 0.6 is 0 Å². The number of nitrogens with zero attached hydrogens (tertiary/aromatic N) is 2. The van der Waals surface area contributed by atoms with E-state index in [-0.39, 0.29) is 23.5 Å². The van der Waals surface area contributed by atoms with E-state index in [1.54, 1.807) is 18.3 Å². The second-order valence-electron chi connectivity index (χ2n) is 7.93. The van der Waals surface area contributed by atoms with Gasteiger partial charge in [-0.1, -0.05) is 6.07 Å². The van der Waals surface area contributed by atoms with Crippen LogP contribution < -0.4 is 16.2 Å². The molecule has 0 aromatic carbocycles. The summed E-state index contributed by atoms with van der Waals surface area (Å²) in [4.78, 5) is 27.9. The number of ether oxygens (including phenoxy) is 1. The number of carbonyl (C=O) groups excluding carboxylic acids is 1. The lowest BCUT2D eigenvalue weighted by atomic mass is 10.2. The highest BCUT2D eigenvalue weighted by atomic mass is 19.1. The Bertz CT molecular complexity index is 907. The van der Waals surface area contributed by atoms with E-state index in [2.05, 4.69) is 15.6 Å². The normalized spacial score (nSPS) is 19.3. The number of nitrogens with one attached hydrogen (secondary N) is 2. The number of anilines is 1. The maximum Gasteiger partial charge on any atom is 0.407 e. The highest BCUT2D eigenvalue weighted by Gasteiger charge is 2.28. The number of pyridine rings is 2. The Balaban J connectivity index is 1.60. The third-order valence-corrected chi connectivity index (χ3v) is 4.42. The third kappa shape index (κ3) is 5.09. The van der Waals surface area contributed by atoms with Crippen molar-refractivity contribution in [3.63, 3.8) is 0 Å². The van der Waals surface area contributed by atoms with E-state index in [0.717, 1.165) is 12.8 Å². The van der Waals surface area contributed by atoms with Crippen LogP contribution in [0.5, 0.6) is 0 Å². The average Bonchev–Trinajstić information content (AvgIpc) is 3.02. The van der Waals surface area contributed by atoms with Crippen molar-refractivity contribution >= 4 is 11.9 Å². The van der Waals surface area contributed by atoms with Crippen molar-refractivity contribution in [3.05, 3.63) is 52.8 Å². The van der Waals surface area contributed by atoms with Gasteiger partial charge >= 0.3 is 6.09 Å². The predicted octanol–water partition coefficient (Wildman–Crippen LogP) is 3.23. The molecule has 28 heavy (non-hydrogen) atoms. The third-order valence-electron chi connectivity index (χ3n) is 4.42. The minimum absolute atomic E-state index is 0.00719. The van der Waals surface area contributed by atoms with Gasteiger partial charge in [0, 0.05) is 30.4 Å². The SMILES string of the molecule is CC(C)(C)OC(=O)N[C@H]1CC[C@H](Nc2ncc(-n3ccccc3=O)cc2F)C1. The lowest BCUT2D eigenvalue weighted by Gasteiger charge is -2.22. The number of alkyl carbamates (subject to hydrolysis) is 1. The van der Waals surface area contributed by atoms with Gasteiger partial charge in [-0.15, -0.1) is 0 Å². The van der Waals surface area contributed by atoms with Crippen molar-refractivity contribution in [2.45, 2.75) is 57.7 Å². The molecule has 0 aliphatic heterocycles. The topological polar surface area (TPSA) is 85.2 Å². The predicted molar refractivity (Wildman–Crippen MR) is 104 cm³/mol. The molecule has 8 heteroatoms. The van der Waals surface area contributed by atoms with Gasteiger partial charge < -0.3 is 15.4 Å². The monoisotopic (exact) mass is 388 g/mol. The molecule has 1 aliphatic rings. The summed E-state index contributed by atoms with van der Waals surface area (Å²) in [6.45, 7) is 5.44. The van der Waals surface area contributed by atoms with E-state index >= 15 is 0 Å². The maximum atomic E-state index is 14.5. The molecule has 1 saturated carbocycles. The van der Waals surface area contributed by atoms with Crippen LogP contribution in [0.15, 0.2) is 41.5 Å². The molecular weight excluding hydrogens is 363 g/mol. The van der Waals surface area contributed by atoms with Crippen LogP contribution in [0.4, 0.5) is 15.0 Å². The summed E-state index contributed by atoms with van der Waals surface area (Å²) in [5.74, 6) is -0.396. The highest BCUT2D eigenvalue weighted by molar-refractivity contribution is 5.68. The van der Waals surface area contributed by atoms with E-state index in [1.807, 2.05) is 20.8 Å². The zero-order valence-corrected chi connectivity index (χ0v) is 16.2. The molecule has 7 nitrogen and oxygen atoms in total. The van der Waals surface area contributed by atoms with Crippen LogP contribution in [0.2, 0.25) is 0 Å². The first-order valence-electron chi connectivity index (χ1n) is 9.31. The van der Waals surface area contributed by atoms with Crippen molar-refractivity contribution in [2.24, 2.45) is 0 Å². The molecule has 2 heterocycles. The molecule has 2 aromatic rings. The van der Waals surface area contributed by atoms with E-state index in [0.29, 0.717) is 12.1 Å². The van der Waals surface area contributed by atoms with Crippen molar-refractivity contribution < 1.29 is 13.9 Å². The van der Waals surface area contributed by atoms with Gasteiger partial charge in [-0.3, -0.25) is 9.36 Å². The van der Waals surface area contributed by atoms with Crippen molar-refractivity contribution in [1.82, 2.24) is 14.9 Å². The van der Waals surface area contributed by atoms with Crippen LogP contribution in [-0.4, -0.2) is 33.3 Å². The second-order valence-corrected chi connectivity index (χ2v) is 7.93. The van der Waals surface area contributed by atoms with Gasteiger partial charge in [0.15, 0.2) is 11.6 Å². The molecule has 0 radical (unpaired) electrons.